The normalized spacial score (nSPS) is 17.9. The van der Waals surface area contributed by atoms with Crippen LogP contribution in [-0.2, 0) is 9.47 Å². The van der Waals surface area contributed by atoms with Gasteiger partial charge in [-0.3, -0.25) is 0 Å². The second-order valence-electron chi connectivity index (χ2n) is 3.24. The minimum absolute atomic E-state index is 0.369. The Bertz CT molecular complexity index is 427. The number of cyclic esters (lactones) is 1. The molecule has 1 heterocycles. The SMILES string of the molecule is COc1ccc2c(c1OC)C(=O)OC2OC. The van der Waals surface area contributed by atoms with Crippen molar-refractivity contribution in [2.75, 3.05) is 21.3 Å². The number of fused-ring (bicyclic) bond motifs is 1. The summed E-state index contributed by atoms with van der Waals surface area (Å²) in [6.45, 7) is 0. The van der Waals surface area contributed by atoms with Crippen molar-refractivity contribution in [2.24, 2.45) is 0 Å². The van der Waals surface area contributed by atoms with Gasteiger partial charge in [-0.1, -0.05) is 0 Å². The fraction of sp³-hybridized carbons (Fsp3) is 0.364. The predicted molar refractivity (Wildman–Crippen MR) is 54.7 cm³/mol. The van der Waals surface area contributed by atoms with Crippen molar-refractivity contribution in [1.82, 2.24) is 0 Å². The van der Waals surface area contributed by atoms with E-state index in [1.165, 1.54) is 21.3 Å². The molecule has 0 fully saturated rings. The summed E-state index contributed by atoms with van der Waals surface area (Å²) >= 11 is 0. The molecule has 0 radical (unpaired) electrons. The highest BCUT2D eigenvalue weighted by Gasteiger charge is 2.35. The third-order valence-corrected chi connectivity index (χ3v) is 2.46. The van der Waals surface area contributed by atoms with E-state index in [4.69, 9.17) is 18.9 Å². The average Bonchev–Trinajstić information content (AvgIpc) is 2.65. The minimum Gasteiger partial charge on any atom is -0.493 e. The molecule has 1 aromatic rings. The van der Waals surface area contributed by atoms with E-state index < -0.39 is 12.3 Å². The summed E-state index contributed by atoms with van der Waals surface area (Å²) in [7, 11) is 4.47. The van der Waals surface area contributed by atoms with Gasteiger partial charge in [0.05, 0.1) is 14.2 Å². The Morgan fingerprint density at radius 2 is 1.94 bits per heavy atom. The highest BCUT2D eigenvalue weighted by Crippen LogP contribution is 2.41. The highest BCUT2D eigenvalue weighted by molar-refractivity contribution is 5.97. The lowest BCUT2D eigenvalue weighted by atomic mass is 10.1. The lowest BCUT2D eigenvalue weighted by Gasteiger charge is -2.10. The van der Waals surface area contributed by atoms with Crippen LogP contribution in [0.1, 0.15) is 22.2 Å². The number of esters is 1. The van der Waals surface area contributed by atoms with Crippen LogP contribution in [0.3, 0.4) is 0 Å². The molecule has 1 aliphatic rings. The van der Waals surface area contributed by atoms with Crippen molar-refractivity contribution in [3.8, 4) is 11.5 Å². The van der Waals surface area contributed by atoms with Crippen molar-refractivity contribution in [2.45, 2.75) is 6.29 Å². The van der Waals surface area contributed by atoms with Gasteiger partial charge in [-0.05, 0) is 12.1 Å². The minimum atomic E-state index is -0.665. The number of hydrogen-bond donors (Lipinski definition) is 0. The van der Waals surface area contributed by atoms with Crippen molar-refractivity contribution in [1.29, 1.82) is 0 Å². The molecular weight excluding hydrogens is 212 g/mol. The maximum Gasteiger partial charge on any atom is 0.345 e. The molecular formula is C11H12O5. The topological polar surface area (TPSA) is 54.0 Å². The fourth-order valence-corrected chi connectivity index (χ4v) is 1.74. The molecule has 0 amide bonds. The fourth-order valence-electron chi connectivity index (χ4n) is 1.74. The van der Waals surface area contributed by atoms with Gasteiger partial charge >= 0.3 is 5.97 Å². The zero-order valence-electron chi connectivity index (χ0n) is 9.27. The van der Waals surface area contributed by atoms with Crippen LogP contribution in [0.5, 0.6) is 11.5 Å². The van der Waals surface area contributed by atoms with Crippen LogP contribution in [-0.4, -0.2) is 27.3 Å². The smallest absolute Gasteiger partial charge is 0.345 e. The summed E-state index contributed by atoms with van der Waals surface area (Å²) in [4.78, 5) is 11.6. The largest absolute Gasteiger partial charge is 0.493 e. The van der Waals surface area contributed by atoms with Gasteiger partial charge in [0.2, 0.25) is 6.29 Å². The van der Waals surface area contributed by atoms with E-state index >= 15 is 0 Å². The van der Waals surface area contributed by atoms with Gasteiger partial charge in [0.25, 0.3) is 0 Å². The molecule has 16 heavy (non-hydrogen) atoms. The van der Waals surface area contributed by atoms with Gasteiger partial charge in [0, 0.05) is 12.7 Å². The second-order valence-corrected chi connectivity index (χ2v) is 3.24. The number of carbonyl (C=O) groups is 1. The zero-order valence-corrected chi connectivity index (χ0v) is 9.27. The van der Waals surface area contributed by atoms with Crippen LogP contribution in [0.25, 0.3) is 0 Å². The molecule has 0 aromatic heterocycles. The van der Waals surface area contributed by atoms with Crippen molar-refractivity contribution < 1.29 is 23.7 Å². The lowest BCUT2D eigenvalue weighted by Crippen LogP contribution is -2.00. The van der Waals surface area contributed by atoms with Crippen LogP contribution in [0, 0.1) is 0 Å². The van der Waals surface area contributed by atoms with Crippen molar-refractivity contribution in [3.05, 3.63) is 23.3 Å². The van der Waals surface area contributed by atoms with Crippen LogP contribution >= 0.6 is 0 Å². The quantitative estimate of drug-likeness (QED) is 0.728. The van der Waals surface area contributed by atoms with E-state index in [-0.39, 0.29) is 0 Å². The van der Waals surface area contributed by atoms with Crippen LogP contribution < -0.4 is 9.47 Å². The maximum absolute atomic E-state index is 11.6. The lowest BCUT2D eigenvalue weighted by molar-refractivity contribution is -0.0815. The summed E-state index contributed by atoms with van der Waals surface area (Å²) in [5.74, 6) is 0.414. The monoisotopic (exact) mass is 224 g/mol. The molecule has 5 heteroatoms. The standard InChI is InChI=1S/C11H12O5/c1-13-7-5-4-6-8(9(7)14-2)10(12)16-11(6)15-3/h4-5,11H,1-3H3. The maximum atomic E-state index is 11.6. The van der Waals surface area contributed by atoms with Gasteiger partial charge in [0.15, 0.2) is 11.5 Å². The van der Waals surface area contributed by atoms with E-state index in [1.54, 1.807) is 12.1 Å². The predicted octanol–water partition coefficient (Wildman–Crippen LogP) is 1.52. The Labute approximate surface area is 92.9 Å². The summed E-state index contributed by atoms with van der Waals surface area (Å²) in [5.41, 5.74) is 1.03. The first kappa shape index (κ1) is 10.8. The average molecular weight is 224 g/mol. The molecule has 1 aliphatic heterocycles. The number of hydrogen-bond acceptors (Lipinski definition) is 5. The molecule has 0 bridgehead atoms. The highest BCUT2D eigenvalue weighted by atomic mass is 16.7. The molecule has 2 rings (SSSR count). The molecule has 0 N–H and O–H groups in total. The Balaban J connectivity index is 2.60. The van der Waals surface area contributed by atoms with Gasteiger partial charge in [-0.25, -0.2) is 4.79 Å². The number of benzene rings is 1. The van der Waals surface area contributed by atoms with Gasteiger partial charge in [-0.2, -0.15) is 0 Å². The van der Waals surface area contributed by atoms with Crippen molar-refractivity contribution >= 4 is 5.97 Å². The molecule has 86 valence electrons. The Morgan fingerprint density at radius 1 is 1.19 bits per heavy atom. The Kier molecular flexibility index (Phi) is 2.70. The molecule has 5 nitrogen and oxygen atoms in total. The zero-order chi connectivity index (χ0) is 11.7. The van der Waals surface area contributed by atoms with Crippen LogP contribution in [0.2, 0.25) is 0 Å². The number of methoxy groups -OCH3 is 3. The van der Waals surface area contributed by atoms with Crippen LogP contribution in [0.15, 0.2) is 12.1 Å². The first-order valence-corrected chi connectivity index (χ1v) is 4.71. The van der Waals surface area contributed by atoms with E-state index in [2.05, 4.69) is 0 Å². The molecule has 1 atom stereocenters. The van der Waals surface area contributed by atoms with E-state index in [0.717, 1.165) is 0 Å². The molecule has 1 aromatic carbocycles. The third-order valence-electron chi connectivity index (χ3n) is 2.46. The van der Waals surface area contributed by atoms with Crippen LogP contribution in [0.4, 0.5) is 0 Å². The van der Waals surface area contributed by atoms with E-state index in [9.17, 15) is 4.79 Å². The summed E-state index contributed by atoms with van der Waals surface area (Å²) in [6.07, 6.45) is -0.665. The molecule has 1 unspecified atom stereocenters. The second kappa shape index (κ2) is 4.02. The van der Waals surface area contributed by atoms with Gasteiger partial charge in [-0.15, -0.1) is 0 Å². The summed E-state index contributed by atoms with van der Waals surface area (Å²) in [5, 5.41) is 0. The molecule has 0 saturated carbocycles. The first-order valence-electron chi connectivity index (χ1n) is 4.71. The molecule has 0 saturated heterocycles. The Morgan fingerprint density at radius 3 is 2.50 bits per heavy atom. The summed E-state index contributed by atoms with van der Waals surface area (Å²) < 4.78 is 20.3. The van der Waals surface area contributed by atoms with Crippen molar-refractivity contribution in [3.63, 3.8) is 0 Å². The number of rotatable bonds is 3. The molecule has 0 aliphatic carbocycles. The van der Waals surface area contributed by atoms with Gasteiger partial charge in [0.1, 0.15) is 5.56 Å². The number of carbonyl (C=O) groups excluding carboxylic acids is 1. The first-order chi connectivity index (χ1) is 7.72. The van der Waals surface area contributed by atoms with E-state index in [1.807, 2.05) is 0 Å². The third kappa shape index (κ3) is 1.40. The van der Waals surface area contributed by atoms with E-state index in [0.29, 0.717) is 22.6 Å². The molecule has 0 spiro atoms. The summed E-state index contributed by atoms with van der Waals surface area (Å²) in [6, 6.07) is 3.45. The Hall–Kier alpha value is -1.75. The number of ether oxygens (including phenoxy) is 4. The van der Waals surface area contributed by atoms with Gasteiger partial charge < -0.3 is 18.9 Å².